The van der Waals surface area contributed by atoms with E-state index in [4.69, 9.17) is 23.2 Å². The number of hydrogen-bond donors (Lipinski definition) is 0. The number of esters is 1. The zero-order chi connectivity index (χ0) is 7.98. The van der Waals surface area contributed by atoms with Gasteiger partial charge in [-0.2, -0.15) is 0 Å². The summed E-state index contributed by atoms with van der Waals surface area (Å²) in [6.45, 7) is 1.29. The van der Waals surface area contributed by atoms with Crippen LogP contribution in [-0.2, 0) is 9.53 Å². The average Bonchev–Trinajstić information content (AvgIpc) is 1.86. The standard InChI is InChI=1S/C6H6Cl2O2/c1-5(9)10-6(4-8)2-3-7/h6H,4H2,1H3. The van der Waals surface area contributed by atoms with E-state index >= 15 is 0 Å². The molecule has 0 aromatic carbocycles. The second-order valence-corrected chi connectivity index (χ2v) is 1.99. The number of carbonyl (C=O) groups excluding carboxylic acids is 1. The Morgan fingerprint density at radius 3 is 2.70 bits per heavy atom. The van der Waals surface area contributed by atoms with Crippen molar-refractivity contribution < 1.29 is 9.53 Å². The highest BCUT2D eigenvalue weighted by molar-refractivity contribution is 6.30. The van der Waals surface area contributed by atoms with Crippen LogP contribution in [0.15, 0.2) is 0 Å². The maximum Gasteiger partial charge on any atom is 0.303 e. The van der Waals surface area contributed by atoms with Gasteiger partial charge < -0.3 is 4.74 Å². The highest BCUT2D eigenvalue weighted by Gasteiger charge is 2.04. The van der Waals surface area contributed by atoms with Crippen LogP contribution in [0.2, 0.25) is 0 Å². The van der Waals surface area contributed by atoms with Gasteiger partial charge in [0, 0.05) is 12.3 Å². The Bertz CT molecular complexity index is 168. The van der Waals surface area contributed by atoms with Crippen molar-refractivity contribution in [3.05, 3.63) is 0 Å². The molecule has 2 nitrogen and oxygen atoms in total. The van der Waals surface area contributed by atoms with Crippen molar-refractivity contribution >= 4 is 29.2 Å². The molecule has 0 aliphatic rings. The van der Waals surface area contributed by atoms with Crippen LogP contribution < -0.4 is 0 Å². The Labute approximate surface area is 69.4 Å². The monoisotopic (exact) mass is 180 g/mol. The summed E-state index contributed by atoms with van der Waals surface area (Å²) in [5, 5.41) is 2.08. The molecule has 0 amide bonds. The predicted molar refractivity (Wildman–Crippen MR) is 39.9 cm³/mol. The van der Waals surface area contributed by atoms with E-state index in [0.29, 0.717) is 0 Å². The first-order valence-corrected chi connectivity index (χ1v) is 3.46. The fourth-order valence-electron chi connectivity index (χ4n) is 0.361. The summed E-state index contributed by atoms with van der Waals surface area (Å²) in [5.41, 5.74) is 0. The van der Waals surface area contributed by atoms with E-state index in [9.17, 15) is 4.79 Å². The topological polar surface area (TPSA) is 26.3 Å². The van der Waals surface area contributed by atoms with Crippen LogP contribution in [0.1, 0.15) is 6.92 Å². The van der Waals surface area contributed by atoms with Gasteiger partial charge in [0.05, 0.1) is 5.88 Å². The van der Waals surface area contributed by atoms with Gasteiger partial charge in [0.25, 0.3) is 0 Å². The highest BCUT2D eigenvalue weighted by atomic mass is 35.5. The Morgan fingerprint density at radius 2 is 2.40 bits per heavy atom. The van der Waals surface area contributed by atoms with Gasteiger partial charge in [-0.25, -0.2) is 0 Å². The smallest absolute Gasteiger partial charge is 0.303 e. The molecule has 0 saturated carbocycles. The normalized spacial score (nSPS) is 11.1. The first-order valence-electron chi connectivity index (χ1n) is 2.55. The molecule has 10 heavy (non-hydrogen) atoms. The SMILES string of the molecule is CC(=O)OC(C#CCl)CCl. The van der Waals surface area contributed by atoms with Gasteiger partial charge in [0.15, 0.2) is 6.10 Å². The molecule has 1 unspecified atom stereocenters. The summed E-state index contributed by atoms with van der Waals surface area (Å²) in [6, 6.07) is 0. The molecule has 0 N–H and O–H groups in total. The maximum atomic E-state index is 10.3. The molecule has 1 atom stereocenters. The van der Waals surface area contributed by atoms with Crippen LogP contribution in [0.3, 0.4) is 0 Å². The van der Waals surface area contributed by atoms with Crippen LogP contribution in [0, 0.1) is 11.3 Å². The Balaban J connectivity index is 3.79. The third-order valence-electron chi connectivity index (χ3n) is 0.664. The van der Waals surface area contributed by atoms with Gasteiger partial charge in [-0.3, -0.25) is 4.79 Å². The van der Waals surface area contributed by atoms with E-state index in [1.807, 2.05) is 0 Å². The van der Waals surface area contributed by atoms with Crippen LogP contribution >= 0.6 is 23.2 Å². The van der Waals surface area contributed by atoms with Crippen molar-refractivity contribution in [2.45, 2.75) is 13.0 Å². The molecule has 0 radical (unpaired) electrons. The number of halogens is 2. The summed E-state index contributed by atoms with van der Waals surface area (Å²) >= 11 is 10.4. The minimum Gasteiger partial charge on any atom is -0.448 e. The number of hydrogen-bond acceptors (Lipinski definition) is 2. The predicted octanol–water partition coefficient (Wildman–Crippen LogP) is 1.36. The minimum absolute atomic E-state index is 0.138. The molecule has 0 bridgehead atoms. The van der Waals surface area contributed by atoms with Crippen LogP contribution in [0.5, 0.6) is 0 Å². The minimum atomic E-state index is -0.586. The molecule has 0 heterocycles. The Kier molecular flexibility index (Phi) is 5.19. The molecule has 0 aromatic heterocycles. The van der Waals surface area contributed by atoms with Gasteiger partial charge in [-0.05, 0) is 17.5 Å². The number of rotatable bonds is 2. The molecule has 0 aromatic rings. The van der Waals surface area contributed by atoms with Crippen LogP contribution in [0.4, 0.5) is 0 Å². The third kappa shape index (κ3) is 4.49. The van der Waals surface area contributed by atoms with Crippen LogP contribution in [-0.4, -0.2) is 18.0 Å². The lowest BCUT2D eigenvalue weighted by Gasteiger charge is -2.04. The summed E-state index contributed by atoms with van der Waals surface area (Å²) in [5.74, 6) is 2.13. The summed E-state index contributed by atoms with van der Waals surface area (Å²) in [4.78, 5) is 10.3. The quantitative estimate of drug-likeness (QED) is 0.365. The summed E-state index contributed by atoms with van der Waals surface area (Å²) in [6.07, 6.45) is -0.586. The number of ether oxygens (including phenoxy) is 1. The first kappa shape index (κ1) is 9.61. The molecule has 0 saturated heterocycles. The largest absolute Gasteiger partial charge is 0.448 e. The van der Waals surface area contributed by atoms with Crippen LogP contribution in [0.25, 0.3) is 0 Å². The second kappa shape index (κ2) is 5.40. The summed E-state index contributed by atoms with van der Waals surface area (Å²) < 4.78 is 4.61. The van der Waals surface area contributed by atoms with Crippen molar-refractivity contribution in [1.29, 1.82) is 0 Å². The van der Waals surface area contributed by atoms with Crippen molar-refractivity contribution in [3.8, 4) is 11.3 Å². The van der Waals surface area contributed by atoms with Gasteiger partial charge in [0.1, 0.15) is 0 Å². The molecule has 56 valence electrons. The molecular formula is C6H6Cl2O2. The van der Waals surface area contributed by atoms with E-state index in [-0.39, 0.29) is 5.88 Å². The fourth-order valence-corrected chi connectivity index (χ4v) is 0.623. The zero-order valence-corrected chi connectivity index (χ0v) is 6.87. The van der Waals surface area contributed by atoms with Gasteiger partial charge >= 0.3 is 5.97 Å². The Morgan fingerprint density at radius 1 is 1.80 bits per heavy atom. The van der Waals surface area contributed by atoms with Crippen molar-refractivity contribution in [1.82, 2.24) is 0 Å². The van der Waals surface area contributed by atoms with E-state index in [1.54, 1.807) is 0 Å². The van der Waals surface area contributed by atoms with E-state index in [1.165, 1.54) is 6.92 Å². The number of alkyl halides is 1. The molecule has 0 rings (SSSR count). The number of carbonyl (C=O) groups is 1. The molecule has 0 fully saturated rings. The lowest BCUT2D eigenvalue weighted by Crippen LogP contribution is -2.15. The van der Waals surface area contributed by atoms with E-state index < -0.39 is 12.1 Å². The third-order valence-corrected chi connectivity index (χ3v) is 1.05. The van der Waals surface area contributed by atoms with Gasteiger partial charge in [-0.15, -0.1) is 11.6 Å². The fraction of sp³-hybridized carbons (Fsp3) is 0.500. The van der Waals surface area contributed by atoms with Crippen molar-refractivity contribution in [3.63, 3.8) is 0 Å². The van der Waals surface area contributed by atoms with E-state index in [2.05, 4.69) is 16.0 Å². The first-order chi connectivity index (χ1) is 4.70. The average molecular weight is 181 g/mol. The lowest BCUT2D eigenvalue weighted by atomic mass is 10.4. The molecule has 0 aliphatic heterocycles. The Hall–Kier alpha value is -0.390. The van der Waals surface area contributed by atoms with Gasteiger partial charge in [-0.1, -0.05) is 0 Å². The van der Waals surface area contributed by atoms with Gasteiger partial charge in [0.2, 0.25) is 0 Å². The molecule has 0 spiro atoms. The zero-order valence-electron chi connectivity index (χ0n) is 5.36. The maximum absolute atomic E-state index is 10.3. The lowest BCUT2D eigenvalue weighted by molar-refractivity contribution is -0.142. The molecular weight excluding hydrogens is 175 g/mol. The molecule has 0 aliphatic carbocycles. The highest BCUT2D eigenvalue weighted by Crippen LogP contribution is 1.94. The second-order valence-electron chi connectivity index (χ2n) is 1.49. The van der Waals surface area contributed by atoms with Crippen molar-refractivity contribution in [2.75, 3.05) is 5.88 Å². The van der Waals surface area contributed by atoms with Crippen molar-refractivity contribution in [2.24, 2.45) is 0 Å². The summed E-state index contributed by atoms with van der Waals surface area (Å²) in [7, 11) is 0. The van der Waals surface area contributed by atoms with E-state index in [0.717, 1.165) is 0 Å². The molecule has 4 heteroatoms.